The Morgan fingerprint density at radius 1 is 1.10 bits per heavy atom. The number of aromatic nitrogens is 4. The standard InChI is InChI=1S/C25H18F2N6O5S/c1-37-10-11-38-16-6-7-17(19(27)12-16)22-29-23(31-25(34)20-8-9-21(39-20)33(35)36)18-13-28-32(24(18)30-22)15-4-2-14(26)3-5-15/h2-9,12-13H,10-11H2,1H3,(H,29,30,31,34). The monoisotopic (exact) mass is 552 g/mol. The summed E-state index contributed by atoms with van der Waals surface area (Å²) in [5, 5.41) is 18.1. The Kier molecular flexibility index (Phi) is 7.21. The van der Waals surface area contributed by atoms with E-state index in [0.717, 1.165) is 0 Å². The van der Waals surface area contributed by atoms with Crippen molar-refractivity contribution in [2.75, 3.05) is 25.6 Å². The third kappa shape index (κ3) is 5.42. The second kappa shape index (κ2) is 10.9. The van der Waals surface area contributed by atoms with E-state index in [-0.39, 0.29) is 45.1 Å². The molecule has 0 bridgehead atoms. The number of anilines is 1. The highest BCUT2D eigenvalue weighted by molar-refractivity contribution is 7.17. The Bertz CT molecular complexity index is 1690. The molecular weight excluding hydrogens is 534 g/mol. The number of carbonyl (C=O) groups excluding carboxylic acids is 1. The Labute approximate surface area is 222 Å². The van der Waals surface area contributed by atoms with E-state index in [1.165, 1.54) is 66.5 Å². The maximum Gasteiger partial charge on any atom is 0.324 e. The molecule has 0 atom stereocenters. The minimum atomic E-state index is -0.678. The molecule has 5 aromatic rings. The second-order valence-electron chi connectivity index (χ2n) is 8.00. The summed E-state index contributed by atoms with van der Waals surface area (Å²) in [4.78, 5) is 32.3. The number of rotatable bonds is 9. The zero-order chi connectivity index (χ0) is 27.5. The van der Waals surface area contributed by atoms with Crippen LogP contribution >= 0.6 is 11.3 Å². The van der Waals surface area contributed by atoms with Gasteiger partial charge in [-0.1, -0.05) is 11.3 Å². The summed E-state index contributed by atoms with van der Waals surface area (Å²) in [6, 6.07) is 12.2. The molecule has 39 heavy (non-hydrogen) atoms. The predicted octanol–water partition coefficient (Wildman–Crippen LogP) is 5.01. The fraction of sp³-hybridized carbons (Fsp3) is 0.120. The molecule has 1 N–H and O–H groups in total. The van der Waals surface area contributed by atoms with Gasteiger partial charge in [-0.2, -0.15) is 5.10 Å². The quantitative estimate of drug-likeness (QED) is 0.153. The van der Waals surface area contributed by atoms with E-state index in [1.54, 1.807) is 6.07 Å². The summed E-state index contributed by atoms with van der Waals surface area (Å²) in [5.74, 6) is -1.57. The number of benzene rings is 2. The van der Waals surface area contributed by atoms with Crippen molar-refractivity contribution < 1.29 is 28.0 Å². The van der Waals surface area contributed by atoms with Gasteiger partial charge in [0, 0.05) is 19.2 Å². The van der Waals surface area contributed by atoms with Crippen LogP contribution in [0.2, 0.25) is 0 Å². The van der Waals surface area contributed by atoms with Gasteiger partial charge < -0.3 is 14.8 Å². The van der Waals surface area contributed by atoms with Crippen LogP contribution in [0.4, 0.5) is 19.6 Å². The van der Waals surface area contributed by atoms with Crippen LogP contribution < -0.4 is 10.1 Å². The summed E-state index contributed by atoms with van der Waals surface area (Å²) in [6.45, 7) is 0.554. The van der Waals surface area contributed by atoms with Crippen molar-refractivity contribution in [2.24, 2.45) is 0 Å². The lowest BCUT2D eigenvalue weighted by atomic mass is 10.2. The molecular formula is C25H18F2N6O5S. The molecule has 0 saturated heterocycles. The Hall–Kier alpha value is -4.82. The third-order valence-corrected chi connectivity index (χ3v) is 6.50. The SMILES string of the molecule is COCCOc1ccc(-c2nc(NC(=O)c3ccc([N+](=O)[O-])s3)c3cnn(-c4ccc(F)cc4)c3n2)c(F)c1. The van der Waals surface area contributed by atoms with Crippen molar-refractivity contribution in [3.63, 3.8) is 0 Å². The lowest BCUT2D eigenvalue weighted by Crippen LogP contribution is -2.13. The summed E-state index contributed by atoms with van der Waals surface area (Å²) in [7, 11) is 1.52. The first kappa shape index (κ1) is 25.8. The summed E-state index contributed by atoms with van der Waals surface area (Å²) < 4.78 is 40.5. The number of nitrogens with one attached hydrogen (secondary N) is 1. The number of amides is 1. The average Bonchev–Trinajstić information content (AvgIpc) is 3.58. The van der Waals surface area contributed by atoms with Gasteiger partial charge in [-0.3, -0.25) is 14.9 Å². The van der Waals surface area contributed by atoms with Gasteiger partial charge in [0.2, 0.25) is 0 Å². The Morgan fingerprint density at radius 2 is 1.90 bits per heavy atom. The maximum atomic E-state index is 15.2. The van der Waals surface area contributed by atoms with Crippen LogP contribution in [0.5, 0.6) is 5.75 Å². The van der Waals surface area contributed by atoms with Gasteiger partial charge in [0.05, 0.1) is 39.2 Å². The molecule has 0 aliphatic rings. The Morgan fingerprint density at radius 3 is 2.59 bits per heavy atom. The number of nitrogens with zero attached hydrogens (tertiary/aromatic N) is 5. The van der Waals surface area contributed by atoms with Gasteiger partial charge in [0.25, 0.3) is 5.91 Å². The lowest BCUT2D eigenvalue weighted by molar-refractivity contribution is -0.380. The van der Waals surface area contributed by atoms with Crippen molar-refractivity contribution in [3.8, 4) is 22.8 Å². The second-order valence-corrected chi connectivity index (χ2v) is 9.06. The largest absolute Gasteiger partial charge is 0.491 e. The highest BCUT2D eigenvalue weighted by atomic mass is 32.1. The Balaban J connectivity index is 1.59. The number of ether oxygens (including phenoxy) is 2. The average molecular weight is 553 g/mol. The first-order valence-corrected chi connectivity index (χ1v) is 12.1. The minimum absolute atomic E-state index is 0.00392. The molecule has 0 fully saturated rings. The van der Waals surface area contributed by atoms with Crippen LogP contribution in [-0.2, 0) is 4.74 Å². The molecule has 11 nitrogen and oxygen atoms in total. The summed E-state index contributed by atoms with van der Waals surface area (Å²) >= 11 is 0.696. The molecule has 3 heterocycles. The van der Waals surface area contributed by atoms with E-state index >= 15 is 4.39 Å². The van der Waals surface area contributed by atoms with E-state index in [9.17, 15) is 19.3 Å². The van der Waals surface area contributed by atoms with Crippen LogP contribution in [0.1, 0.15) is 9.67 Å². The molecule has 0 spiro atoms. The predicted molar refractivity (Wildman–Crippen MR) is 138 cm³/mol. The van der Waals surface area contributed by atoms with E-state index in [1.807, 2.05) is 0 Å². The number of hydrogen-bond donors (Lipinski definition) is 1. The summed E-state index contributed by atoms with van der Waals surface area (Å²) in [6.07, 6.45) is 1.40. The van der Waals surface area contributed by atoms with E-state index < -0.39 is 22.5 Å². The van der Waals surface area contributed by atoms with Gasteiger partial charge >= 0.3 is 5.00 Å². The van der Waals surface area contributed by atoms with Crippen molar-refractivity contribution in [2.45, 2.75) is 0 Å². The highest BCUT2D eigenvalue weighted by Gasteiger charge is 2.21. The fourth-order valence-electron chi connectivity index (χ4n) is 3.62. The zero-order valence-corrected chi connectivity index (χ0v) is 20.9. The molecule has 5 rings (SSSR count). The molecule has 0 aliphatic carbocycles. The molecule has 0 saturated carbocycles. The number of thiophene rings is 1. The molecule has 0 aliphatic heterocycles. The van der Waals surface area contributed by atoms with Gasteiger partial charge in [-0.15, -0.1) is 0 Å². The molecule has 198 valence electrons. The first-order chi connectivity index (χ1) is 18.8. The summed E-state index contributed by atoms with van der Waals surface area (Å²) in [5.41, 5.74) is 0.688. The lowest BCUT2D eigenvalue weighted by Gasteiger charge is -2.11. The maximum absolute atomic E-state index is 15.2. The van der Waals surface area contributed by atoms with Gasteiger partial charge in [-0.05, 0) is 42.5 Å². The van der Waals surface area contributed by atoms with Crippen LogP contribution in [-0.4, -0.2) is 50.9 Å². The number of fused-ring (bicyclic) bond motifs is 1. The van der Waals surface area contributed by atoms with Gasteiger partial charge in [0.15, 0.2) is 11.5 Å². The van der Waals surface area contributed by atoms with Gasteiger partial charge in [-0.25, -0.2) is 23.4 Å². The molecule has 2 aromatic carbocycles. The molecule has 14 heteroatoms. The van der Waals surface area contributed by atoms with Crippen LogP contribution in [0, 0.1) is 21.7 Å². The van der Waals surface area contributed by atoms with Crippen molar-refractivity contribution in [1.29, 1.82) is 0 Å². The number of hydrogen-bond acceptors (Lipinski definition) is 9. The smallest absolute Gasteiger partial charge is 0.324 e. The normalized spacial score (nSPS) is 11.1. The van der Waals surface area contributed by atoms with E-state index in [0.29, 0.717) is 29.0 Å². The molecule has 3 aromatic heterocycles. The van der Waals surface area contributed by atoms with E-state index in [4.69, 9.17) is 9.47 Å². The van der Waals surface area contributed by atoms with Crippen LogP contribution in [0.15, 0.2) is 60.8 Å². The molecule has 1 amide bonds. The zero-order valence-electron chi connectivity index (χ0n) is 20.1. The number of nitro groups is 1. The van der Waals surface area contributed by atoms with Crippen molar-refractivity contribution in [1.82, 2.24) is 19.7 Å². The highest BCUT2D eigenvalue weighted by Crippen LogP contribution is 2.31. The number of carbonyl (C=O) groups is 1. The number of methoxy groups -OCH3 is 1. The molecule has 0 unspecified atom stereocenters. The van der Waals surface area contributed by atoms with Crippen molar-refractivity contribution >= 4 is 39.1 Å². The van der Waals surface area contributed by atoms with Crippen LogP contribution in [0.25, 0.3) is 28.1 Å². The molecule has 0 radical (unpaired) electrons. The van der Waals surface area contributed by atoms with Crippen LogP contribution in [0.3, 0.4) is 0 Å². The minimum Gasteiger partial charge on any atom is -0.491 e. The van der Waals surface area contributed by atoms with Gasteiger partial charge in [0.1, 0.15) is 29.8 Å². The number of halogens is 2. The fourth-order valence-corrected chi connectivity index (χ4v) is 4.34. The third-order valence-electron chi connectivity index (χ3n) is 5.46. The van der Waals surface area contributed by atoms with E-state index in [2.05, 4.69) is 20.4 Å². The first-order valence-electron chi connectivity index (χ1n) is 11.3. The van der Waals surface area contributed by atoms with Crippen molar-refractivity contribution in [3.05, 3.63) is 87.4 Å². The topological polar surface area (TPSA) is 134 Å².